The maximum Gasteiger partial charge on any atom is 0.338 e. The van der Waals surface area contributed by atoms with Gasteiger partial charge in [-0.15, -0.1) is 11.3 Å². The molecule has 192 valence electrons. The van der Waals surface area contributed by atoms with Crippen LogP contribution in [0, 0.1) is 11.7 Å². The number of thiazole rings is 1. The first kappa shape index (κ1) is 25.3. The molecule has 3 aliphatic rings. The summed E-state index contributed by atoms with van der Waals surface area (Å²) >= 11 is 7.80. The summed E-state index contributed by atoms with van der Waals surface area (Å²) in [4.78, 5) is 22.2. The Morgan fingerprint density at radius 1 is 1.25 bits per heavy atom. The Kier molecular flexibility index (Phi) is 7.17. The molecule has 0 bridgehead atoms. The quantitative estimate of drug-likeness (QED) is 0.543. The highest BCUT2D eigenvalue weighted by atomic mass is 35.5. The van der Waals surface area contributed by atoms with Crippen LogP contribution in [0.25, 0.3) is 0 Å². The standard InChI is InChI=1S/C24H26ClFN4O4S2/c1-34-24(31)19-20(14-7-10-30(11-8-14)36(32,33)16-3-2-4-16)28-22(23-27-9-12-35-23)29-21(19)17-6-5-15(26)13-18(17)25/h5-6,9,12-14,16,21H,2-4,7-8,10-11H2,1H3,(H,28,29)/t21-/m1/s1. The van der Waals surface area contributed by atoms with Gasteiger partial charge in [-0.1, -0.05) is 24.1 Å². The summed E-state index contributed by atoms with van der Waals surface area (Å²) in [5.41, 5.74) is 1.37. The monoisotopic (exact) mass is 552 g/mol. The Morgan fingerprint density at radius 3 is 2.58 bits per heavy atom. The van der Waals surface area contributed by atoms with E-state index in [9.17, 15) is 17.6 Å². The molecule has 8 nitrogen and oxygen atoms in total. The number of esters is 1. The smallest absolute Gasteiger partial charge is 0.338 e. The predicted octanol–water partition coefficient (Wildman–Crippen LogP) is 4.05. The second-order valence-corrected chi connectivity index (χ2v) is 12.6. The number of carbonyl (C=O) groups excluding carboxylic acids is 1. The van der Waals surface area contributed by atoms with E-state index in [2.05, 4.69) is 10.3 Å². The number of piperidine rings is 1. The number of hydrogen-bond acceptors (Lipinski definition) is 8. The molecule has 2 fully saturated rings. The third-order valence-electron chi connectivity index (χ3n) is 7.07. The van der Waals surface area contributed by atoms with E-state index >= 15 is 0 Å². The Bertz CT molecular complexity index is 1320. The second-order valence-electron chi connectivity index (χ2n) is 9.10. The van der Waals surface area contributed by atoms with Crippen LogP contribution in [0.2, 0.25) is 5.02 Å². The van der Waals surface area contributed by atoms with Crippen molar-refractivity contribution in [3.05, 3.63) is 62.5 Å². The number of hydrogen-bond donors (Lipinski definition) is 1. The van der Waals surface area contributed by atoms with Crippen LogP contribution in [-0.4, -0.2) is 55.0 Å². The highest BCUT2D eigenvalue weighted by Crippen LogP contribution is 2.40. The first-order valence-corrected chi connectivity index (χ1v) is 14.6. The van der Waals surface area contributed by atoms with E-state index in [1.54, 1.807) is 10.5 Å². The number of allylic oxidation sites excluding steroid dienone is 1. The first-order chi connectivity index (χ1) is 17.3. The van der Waals surface area contributed by atoms with Crippen molar-refractivity contribution in [3.8, 4) is 0 Å². The highest BCUT2D eigenvalue weighted by molar-refractivity contribution is 7.89. The van der Waals surface area contributed by atoms with Crippen LogP contribution in [0.5, 0.6) is 0 Å². The maximum absolute atomic E-state index is 13.8. The van der Waals surface area contributed by atoms with Crippen molar-refractivity contribution in [1.29, 1.82) is 0 Å². The second kappa shape index (κ2) is 10.2. The average Bonchev–Trinajstić information content (AvgIpc) is 3.37. The number of aliphatic imine (C=N–C) groups is 1. The largest absolute Gasteiger partial charge is 0.466 e. The number of amidine groups is 1. The van der Waals surface area contributed by atoms with E-state index in [1.165, 1.54) is 36.6 Å². The number of carbonyl (C=O) groups is 1. The summed E-state index contributed by atoms with van der Waals surface area (Å²) < 4.78 is 46.4. The zero-order valence-corrected chi connectivity index (χ0v) is 22.0. The van der Waals surface area contributed by atoms with E-state index in [1.807, 2.05) is 5.38 Å². The van der Waals surface area contributed by atoms with Gasteiger partial charge in [0.05, 0.1) is 17.9 Å². The van der Waals surface area contributed by atoms with E-state index in [4.69, 9.17) is 21.3 Å². The van der Waals surface area contributed by atoms with Crippen LogP contribution in [-0.2, 0) is 19.6 Å². The number of sulfonamides is 1. The molecule has 36 heavy (non-hydrogen) atoms. The molecule has 0 amide bonds. The molecule has 1 aromatic heterocycles. The zero-order valence-electron chi connectivity index (χ0n) is 19.6. The molecule has 2 aromatic rings. The lowest BCUT2D eigenvalue weighted by Gasteiger charge is -2.38. The van der Waals surface area contributed by atoms with Gasteiger partial charge >= 0.3 is 5.97 Å². The summed E-state index contributed by atoms with van der Waals surface area (Å²) in [5, 5.41) is 5.63. The molecule has 0 radical (unpaired) electrons. The fourth-order valence-electron chi connectivity index (χ4n) is 4.90. The van der Waals surface area contributed by atoms with Gasteiger partial charge in [-0.25, -0.2) is 26.9 Å². The number of nitrogens with one attached hydrogen (secondary N) is 1. The van der Waals surface area contributed by atoms with Crippen LogP contribution < -0.4 is 5.32 Å². The Balaban J connectivity index is 1.52. The minimum Gasteiger partial charge on any atom is -0.466 e. The van der Waals surface area contributed by atoms with E-state index in [0.29, 0.717) is 48.0 Å². The van der Waals surface area contributed by atoms with Crippen LogP contribution in [0.15, 0.2) is 46.0 Å². The molecular formula is C24H26ClFN4O4S2. The molecule has 1 aromatic carbocycles. The first-order valence-electron chi connectivity index (χ1n) is 11.8. The summed E-state index contributed by atoms with van der Waals surface area (Å²) in [6.45, 7) is 0.740. The molecule has 1 atom stereocenters. The minimum atomic E-state index is -3.30. The predicted molar refractivity (Wildman–Crippen MR) is 136 cm³/mol. The molecule has 1 aliphatic carbocycles. The van der Waals surface area contributed by atoms with Crippen molar-refractivity contribution >= 4 is 44.8 Å². The van der Waals surface area contributed by atoms with Gasteiger partial charge in [0.25, 0.3) is 0 Å². The fraction of sp³-hybridized carbons (Fsp3) is 0.458. The molecule has 1 saturated heterocycles. The molecule has 5 rings (SSSR count). The van der Waals surface area contributed by atoms with E-state index in [-0.39, 0.29) is 21.8 Å². The van der Waals surface area contributed by atoms with Gasteiger partial charge in [0.2, 0.25) is 10.0 Å². The van der Waals surface area contributed by atoms with Crippen molar-refractivity contribution in [2.75, 3.05) is 20.2 Å². The Hall–Kier alpha value is -2.34. The molecule has 1 N–H and O–H groups in total. The van der Waals surface area contributed by atoms with Crippen LogP contribution >= 0.6 is 22.9 Å². The Morgan fingerprint density at radius 2 is 2.00 bits per heavy atom. The van der Waals surface area contributed by atoms with Crippen LogP contribution in [0.1, 0.15) is 48.7 Å². The summed E-state index contributed by atoms with van der Waals surface area (Å²) in [6.07, 6.45) is 5.11. The number of ether oxygens (including phenoxy) is 1. The Labute approximate surface area is 218 Å². The number of rotatable bonds is 6. The number of benzene rings is 1. The molecular weight excluding hydrogens is 527 g/mol. The highest BCUT2D eigenvalue weighted by Gasteiger charge is 2.41. The van der Waals surface area contributed by atoms with Gasteiger partial charge in [-0.2, -0.15) is 0 Å². The van der Waals surface area contributed by atoms with Crippen molar-refractivity contribution < 1.29 is 22.3 Å². The van der Waals surface area contributed by atoms with Gasteiger partial charge in [-0.3, -0.25) is 4.99 Å². The van der Waals surface area contributed by atoms with Gasteiger partial charge in [-0.05, 0) is 37.8 Å². The maximum atomic E-state index is 13.8. The topological polar surface area (TPSA) is 101 Å². The van der Waals surface area contributed by atoms with Crippen LogP contribution in [0.4, 0.5) is 4.39 Å². The summed E-state index contributed by atoms with van der Waals surface area (Å²) in [5.74, 6) is -0.735. The fourth-order valence-corrected chi connectivity index (χ4v) is 7.83. The zero-order chi connectivity index (χ0) is 25.4. The van der Waals surface area contributed by atoms with Crippen molar-refractivity contribution in [2.24, 2.45) is 10.9 Å². The molecule has 1 saturated carbocycles. The van der Waals surface area contributed by atoms with E-state index in [0.717, 1.165) is 19.3 Å². The molecule has 2 aliphatic heterocycles. The van der Waals surface area contributed by atoms with Gasteiger partial charge in [0.1, 0.15) is 11.9 Å². The minimum absolute atomic E-state index is 0.140. The molecule has 3 heterocycles. The number of methoxy groups -OCH3 is 1. The number of halogens is 2. The normalized spacial score (nSPS) is 22.1. The van der Waals surface area contributed by atoms with Gasteiger partial charge in [0, 0.05) is 46.9 Å². The van der Waals surface area contributed by atoms with E-state index < -0.39 is 27.9 Å². The molecule has 0 spiro atoms. The average molecular weight is 553 g/mol. The van der Waals surface area contributed by atoms with Gasteiger partial charge in [0.15, 0.2) is 10.8 Å². The van der Waals surface area contributed by atoms with Crippen molar-refractivity contribution in [2.45, 2.75) is 43.4 Å². The summed E-state index contributed by atoms with van der Waals surface area (Å²) in [7, 11) is -2.01. The van der Waals surface area contributed by atoms with Crippen LogP contribution in [0.3, 0.4) is 0 Å². The molecule has 0 unspecified atom stereocenters. The lowest BCUT2D eigenvalue weighted by Crippen LogP contribution is -2.47. The number of aromatic nitrogens is 1. The SMILES string of the molecule is COC(=O)C1=C(C2CCN(S(=O)(=O)C3CCC3)CC2)NC(c2nccs2)=N[C@@H]1c1ccc(F)cc1Cl. The third kappa shape index (κ3) is 4.69. The van der Waals surface area contributed by atoms with Crippen molar-refractivity contribution in [3.63, 3.8) is 0 Å². The lowest BCUT2D eigenvalue weighted by atomic mass is 9.86. The van der Waals surface area contributed by atoms with Crippen molar-refractivity contribution in [1.82, 2.24) is 14.6 Å². The molecule has 12 heteroatoms. The third-order valence-corrected chi connectivity index (χ3v) is 10.6. The number of nitrogens with zero attached hydrogens (tertiary/aromatic N) is 3. The lowest BCUT2D eigenvalue weighted by molar-refractivity contribution is -0.136. The van der Waals surface area contributed by atoms with Gasteiger partial charge < -0.3 is 10.1 Å². The summed E-state index contributed by atoms with van der Waals surface area (Å²) in [6, 6.07) is 3.15.